The van der Waals surface area contributed by atoms with Gasteiger partial charge < -0.3 is 4.84 Å². The van der Waals surface area contributed by atoms with Gasteiger partial charge in [0.25, 0.3) is 0 Å². The minimum Gasteiger partial charge on any atom is -0.391 e. The van der Waals surface area contributed by atoms with Gasteiger partial charge in [-0.25, -0.2) is 0 Å². The Morgan fingerprint density at radius 2 is 1.77 bits per heavy atom. The minimum atomic E-state index is -4.35. The minimum absolute atomic E-state index is 0.00648. The molecule has 0 saturated carbocycles. The molecule has 0 radical (unpaired) electrons. The zero-order chi connectivity index (χ0) is 16.0. The number of hydrogen-bond donors (Lipinski definition) is 0. The molecule has 0 spiro atoms. The van der Waals surface area contributed by atoms with E-state index in [1.165, 1.54) is 17.8 Å². The summed E-state index contributed by atoms with van der Waals surface area (Å²) < 4.78 is 37.7. The maximum atomic E-state index is 12.6. The van der Waals surface area contributed by atoms with Crippen LogP contribution in [0.2, 0.25) is 0 Å². The molecule has 2 nitrogen and oxygen atoms in total. The molecule has 0 heterocycles. The van der Waals surface area contributed by atoms with Crippen molar-refractivity contribution in [3.63, 3.8) is 0 Å². The SMILES string of the molecule is CCc1ccc(C=NOCc2cccc(C(F)(F)F)c2)cc1. The zero-order valence-electron chi connectivity index (χ0n) is 12.1. The van der Waals surface area contributed by atoms with Gasteiger partial charge in [0.2, 0.25) is 0 Å². The highest BCUT2D eigenvalue weighted by Crippen LogP contribution is 2.29. The number of aryl methyl sites for hydroxylation is 1. The maximum absolute atomic E-state index is 12.6. The molecular formula is C17H16F3NO. The Bertz CT molecular complexity index is 633. The molecule has 0 N–H and O–H groups in total. The quantitative estimate of drug-likeness (QED) is 0.573. The number of hydrogen-bond acceptors (Lipinski definition) is 2. The second kappa shape index (κ2) is 7.11. The van der Waals surface area contributed by atoms with Crippen molar-refractivity contribution in [3.05, 3.63) is 70.8 Å². The fraction of sp³-hybridized carbons (Fsp3) is 0.235. The summed E-state index contributed by atoms with van der Waals surface area (Å²) in [5.74, 6) is 0. The van der Waals surface area contributed by atoms with Crippen LogP contribution >= 0.6 is 0 Å². The summed E-state index contributed by atoms with van der Waals surface area (Å²) in [7, 11) is 0. The van der Waals surface area contributed by atoms with Crippen molar-refractivity contribution in [3.8, 4) is 0 Å². The number of alkyl halides is 3. The molecule has 0 aromatic heterocycles. The molecule has 0 fully saturated rings. The van der Waals surface area contributed by atoms with Crippen molar-refractivity contribution in [2.45, 2.75) is 26.1 Å². The van der Waals surface area contributed by atoms with Crippen molar-refractivity contribution in [2.75, 3.05) is 0 Å². The summed E-state index contributed by atoms with van der Waals surface area (Å²) in [6, 6.07) is 12.8. The van der Waals surface area contributed by atoms with Crippen molar-refractivity contribution in [2.24, 2.45) is 5.16 Å². The van der Waals surface area contributed by atoms with E-state index in [2.05, 4.69) is 12.1 Å². The number of rotatable bonds is 5. The van der Waals surface area contributed by atoms with Crippen molar-refractivity contribution in [1.82, 2.24) is 0 Å². The first-order chi connectivity index (χ1) is 10.5. The van der Waals surface area contributed by atoms with Crippen molar-refractivity contribution < 1.29 is 18.0 Å². The third-order valence-electron chi connectivity index (χ3n) is 3.15. The van der Waals surface area contributed by atoms with Crippen LogP contribution < -0.4 is 0 Å². The van der Waals surface area contributed by atoms with Crippen LogP contribution in [0.1, 0.15) is 29.2 Å². The van der Waals surface area contributed by atoms with Crippen LogP contribution in [0, 0.1) is 0 Å². The lowest BCUT2D eigenvalue weighted by atomic mass is 10.1. The lowest BCUT2D eigenvalue weighted by Gasteiger charge is -2.07. The molecule has 0 aliphatic rings. The molecule has 22 heavy (non-hydrogen) atoms. The molecule has 0 unspecified atom stereocenters. The van der Waals surface area contributed by atoms with Crippen LogP contribution in [0.5, 0.6) is 0 Å². The van der Waals surface area contributed by atoms with Gasteiger partial charge in [0, 0.05) is 0 Å². The summed E-state index contributed by atoms with van der Waals surface area (Å²) in [6.45, 7) is 2.06. The number of oxime groups is 1. The Balaban J connectivity index is 1.91. The smallest absolute Gasteiger partial charge is 0.391 e. The third-order valence-corrected chi connectivity index (χ3v) is 3.15. The summed E-state index contributed by atoms with van der Waals surface area (Å²) >= 11 is 0. The Labute approximate surface area is 127 Å². The molecule has 0 saturated heterocycles. The number of nitrogens with zero attached hydrogens (tertiary/aromatic N) is 1. The summed E-state index contributed by atoms with van der Waals surface area (Å²) in [4.78, 5) is 5.05. The van der Waals surface area contributed by atoms with Gasteiger partial charge in [-0.15, -0.1) is 0 Å². The third kappa shape index (κ3) is 4.62. The van der Waals surface area contributed by atoms with Gasteiger partial charge in [-0.2, -0.15) is 13.2 Å². The van der Waals surface area contributed by atoms with Gasteiger partial charge in [-0.1, -0.05) is 48.5 Å². The standard InChI is InChI=1S/C17H16F3NO/c1-2-13-6-8-14(9-7-13)11-21-22-12-15-4-3-5-16(10-15)17(18,19)20/h3-11H,2,12H2,1H3. The van der Waals surface area contributed by atoms with Crippen molar-refractivity contribution in [1.29, 1.82) is 0 Å². The number of halogens is 3. The summed E-state index contributed by atoms with van der Waals surface area (Å²) in [6.07, 6.45) is -1.85. The van der Waals surface area contributed by atoms with Crippen molar-refractivity contribution >= 4 is 6.21 Å². The van der Waals surface area contributed by atoms with Gasteiger partial charge >= 0.3 is 6.18 Å². The molecule has 2 aromatic carbocycles. The molecule has 2 aromatic rings. The summed E-state index contributed by atoms with van der Waals surface area (Å²) in [5.41, 5.74) is 1.84. The predicted molar refractivity (Wildman–Crippen MR) is 79.6 cm³/mol. The lowest BCUT2D eigenvalue weighted by Crippen LogP contribution is -2.05. The van der Waals surface area contributed by atoms with Gasteiger partial charge in [0.15, 0.2) is 0 Å². The van der Waals surface area contributed by atoms with E-state index in [4.69, 9.17) is 4.84 Å². The summed E-state index contributed by atoms with van der Waals surface area (Å²) in [5, 5.41) is 3.78. The van der Waals surface area contributed by atoms with Crippen LogP contribution in [-0.4, -0.2) is 6.21 Å². The molecule has 0 bridgehead atoms. The molecule has 116 valence electrons. The zero-order valence-corrected chi connectivity index (χ0v) is 12.1. The Kier molecular flexibility index (Phi) is 5.20. The monoisotopic (exact) mass is 307 g/mol. The van der Waals surface area contributed by atoms with Gasteiger partial charge in [0.05, 0.1) is 11.8 Å². The topological polar surface area (TPSA) is 21.6 Å². The number of benzene rings is 2. The van der Waals surface area contributed by atoms with E-state index in [1.54, 1.807) is 6.07 Å². The maximum Gasteiger partial charge on any atom is 0.416 e. The van der Waals surface area contributed by atoms with Crippen LogP contribution in [0.25, 0.3) is 0 Å². The van der Waals surface area contributed by atoms with Crippen LogP contribution in [0.3, 0.4) is 0 Å². The van der Waals surface area contributed by atoms with Crippen LogP contribution in [-0.2, 0) is 24.0 Å². The fourth-order valence-corrected chi connectivity index (χ4v) is 1.89. The highest BCUT2D eigenvalue weighted by Gasteiger charge is 2.30. The first-order valence-electron chi connectivity index (χ1n) is 6.89. The largest absolute Gasteiger partial charge is 0.416 e. The van der Waals surface area contributed by atoms with E-state index in [1.807, 2.05) is 24.3 Å². The molecule has 0 atom stereocenters. The lowest BCUT2D eigenvalue weighted by molar-refractivity contribution is -0.137. The Morgan fingerprint density at radius 1 is 1.05 bits per heavy atom. The highest BCUT2D eigenvalue weighted by atomic mass is 19.4. The van der Waals surface area contributed by atoms with E-state index in [-0.39, 0.29) is 6.61 Å². The molecule has 0 aliphatic carbocycles. The Morgan fingerprint density at radius 3 is 2.41 bits per heavy atom. The van der Waals surface area contributed by atoms with Crippen LogP contribution in [0.4, 0.5) is 13.2 Å². The van der Waals surface area contributed by atoms with Gasteiger partial charge in [-0.3, -0.25) is 0 Å². The van der Waals surface area contributed by atoms with E-state index in [0.717, 1.165) is 24.1 Å². The second-order valence-electron chi connectivity index (χ2n) is 4.80. The van der Waals surface area contributed by atoms with Crippen LogP contribution in [0.15, 0.2) is 53.7 Å². The predicted octanol–water partition coefficient (Wildman–Crippen LogP) is 4.82. The average molecular weight is 307 g/mol. The van der Waals surface area contributed by atoms with E-state index in [0.29, 0.717) is 5.56 Å². The first kappa shape index (κ1) is 16.1. The highest BCUT2D eigenvalue weighted by molar-refractivity contribution is 5.79. The normalized spacial score (nSPS) is 11.8. The van der Waals surface area contributed by atoms with Gasteiger partial charge in [-0.05, 0) is 35.2 Å². The van der Waals surface area contributed by atoms with E-state index >= 15 is 0 Å². The molecule has 5 heteroatoms. The van der Waals surface area contributed by atoms with E-state index in [9.17, 15) is 13.2 Å². The Hall–Kier alpha value is -2.30. The molecule has 0 amide bonds. The van der Waals surface area contributed by atoms with Gasteiger partial charge in [0.1, 0.15) is 6.61 Å². The molecular weight excluding hydrogens is 291 g/mol. The fourth-order valence-electron chi connectivity index (χ4n) is 1.89. The first-order valence-corrected chi connectivity index (χ1v) is 6.89. The molecule has 2 rings (SSSR count). The second-order valence-corrected chi connectivity index (χ2v) is 4.80. The van der Waals surface area contributed by atoms with E-state index < -0.39 is 11.7 Å². The molecule has 0 aliphatic heterocycles. The average Bonchev–Trinajstić information content (AvgIpc) is 2.52.